The average molecular weight is 654 g/mol. The molecular formula is C34H71NO10. The molecule has 0 aromatic heterocycles. The van der Waals surface area contributed by atoms with E-state index in [0.717, 1.165) is 32.2 Å². The van der Waals surface area contributed by atoms with Crippen LogP contribution in [0.5, 0.6) is 0 Å². The fraction of sp³-hybridized carbons (Fsp3) is 1.00. The van der Waals surface area contributed by atoms with E-state index in [0.29, 0.717) is 6.42 Å². The van der Waals surface area contributed by atoms with Crippen LogP contribution in [-0.2, 0) is 37.9 Å². The molecule has 45 heavy (non-hydrogen) atoms. The molecule has 0 saturated carbocycles. The van der Waals surface area contributed by atoms with Gasteiger partial charge in [0.05, 0.1) is 5.92 Å². The van der Waals surface area contributed by atoms with Crippen LogP contribution in [0.15, 0.2) is 0 Å². The monoisotopic (exact) mass is 654 g/mol. The van der Waals surface area contributed by atoms with Crippen LogP contribution in [0.1, 0.15) is 132 Å². The molecule has 0 aliphatic carbocycles. The lowest BCUT2D eigenvalue weighted by atomic mass is 9.80. The third-order valence-corrected chi connectivity index (χ3v) is 7.75. The van der Waals surface area contributed by atoms with E-state index in [-0.39, 0.29) is 59.3 Å². The molecule has 0 heterocycles. The van der Waals surface area contributed by atoms with Gasteiger partial charge in [0.15, 0.2) is 0 Å². The number of aliphatic hydroxyl groups is 2. The van der Waals surface area contributed by atoms with Crippen LogP contribution in [0.25, 0.3) is 0 Å². The first-order valence-electron chi connectivity index (χ1n) is 17.9. The zero-order valence-corrected chi connectivity index (χ0v) is 30.2. The third kappa shape index (κ3) is 13.2. The van der Waals surface area contributed by atoms with Crippen molar-refractivity contribution in [3.63, 3.8) is 0 Å². The van der Waals surface area contributed by atoms with Gasteiger partial charge in [-0.05, 0) is 74.8 Å². The minimum Gasteiger partial charge on any atom is -0.359 e. The van der Waals surface area contributed by atoms with Gasteiger partial charge >= 0.3 is 11.9 Å². The highest BCUT2D eigenvalue weighted by molar-refractivity contribution is 5.00. The molecule has 2 unspecified atom stereocenters. The summed E-state index contributed by atoms with van der Waals surface area (Å²) in [6.07, 6.45) is 12.4. The van der Waals surface area contributed by atoms with E-state index in [1.807, 2.05) is 0 Å². The summed E-state index contributed by atoms with van der Waals surface area (Å²) in [5.74, 6) is -10.2. The second-order valence-electron chi connectivity index (χ2n) is 11.0. The lowest BCUT2D eigenvalue weighted by molar-refractivity contribution is -0.551. The number of hydrogen-bond donors (Lipinski definition) is 3. The van der Waals surface area contributed by atoms with E-state index in [4.69, 9.17) is 43.6 Å². The van der Waals surface area contributed by atoms with Gasteiger partial charge in [-0.15, -0.1) is 0 Å². The van der Waals surface area contributed by atoms with E-state index < -0.39 is 29.4 Å². The van der Waals surface area contributed by atoms with E-state index in [9.17, 15) is 10.2 Å². The van der Waals surface area contributed by atoms with E-state index in [1.54, 1.807) is 55.4 Å². The second kappa shape index (κ2) is 25.6. The number of nitrogens with two attached hydrogens (primary N) is 1. The maximum absolute atomic E-state index is 12.8. The SMILES string of the molecule is CCOC(OCC)(OCC)C(O)(OCC)C(CCCCCCCCCCCCCN)C(O)(OCC)C(OCC)(OCC)OCC. The molecule has 0 amide bonds. The number of hydrogen-bond acceptors (Lipinski definition) is 11. The van der Waals surface area contributed by atoms with Crippen LogP contribution in [0, 0.1) is 5.92 Å². The zero-order valence-electron chi connectivity index (χ0n) is 30.2. The Kier molecular flexibility index (Phi) is 25.3. The summed E-state index contributed by atoms with van der Waals surface area (Å²) in [6, 6.07) is 0. The van der Waals surface area contributed by atoms with Crippen LogP contribution in [0.2, 0.25) is 0 Å². The van der Waals surface area contributed by atoms with Gasteiger partial charge in [0.2, 0.25) is 0 Å². The van der Waals surface area contributed by atoms with Gasteiger partial charge in [-0.2, -0.15) is 0 Å². The molecule has 0 saturated heterocycles. The maximum Gasteiger partial charge on any atom is 0.340 e. The summed E-state index contributed by atoms with van der Waals surface area (Å²) in [5, 5.41) is 25.5. The van der Waals surface area contributed by atoms with Crippen molar-refractivity contribution in [2.24, 2.45) is 11.7 Å². The largest absolute Gasteiger partial charge is 0.359 e. The first-order valence-corrected chi connectivity index (χ1v) is 17.9. The number of unbranched alkanes of at least 4 members (excludes halogenated alkanes) is 10. The fourth-order valence-electron chi connectivity index (χ4n) is 6.00. The van der Waals surface area contributed by atoms with Gasteiger partial charge in [0.1, 0.15) is 0 Å². The summed E-state index contributed by atoms with van der Waals surface area (Å²) in [5.41, 5.74) is 5.59. The van der Waals surface area contributed by atoms with Crippen molar-refractivity contribution in [1.29, 1.82) is 0 Å². The predicted octanol–water partition coefficient (Wildman–Crippen LogP) is 6.22. The molecule has 0 bridgehead atoms. The van der Waals surface area contributed by atoms with Gasteiger partial charge in [-0.1, -0.05) is 64.2 Å². The topological polar surface area (TPSA) is 140 Å². The van der Waals surface area contributed by atoms with Crippen molar-refractivity contribution in [3.05, 3.63) is 0 Å². The van der Waals surface area contributed by atoms with E-state index >= 15 is 0 Å². The highest BCUT2D eigenvalue weighted by Crippen LogP contribution is 2.50. The minimum atomic E-state index is -2.38. The normalized spacial score (nSPS) is 16.1. The average Bonchev–Trinajstić information content (AvgIpc) is 3.00. The molecule has 4 N–H and O–H groups in total. The van der Waals surface area contributed by atoms with Crippen LogP contribution in [0.3, 0.4) is 0 Å². The van der Waals surface area contributed by atoms with Crippen LogP contribution >= 0.6 is 0 Å². The molecule has 11 nitrogen and oxygen atoms in total. The summed E-state index contributed by atoms with van der Waals surface area (Å²) >= 11 is 0. The fourth-order valence-corrected chi connectivity index (χ4v) is 6.00. The molecular weight excluding hydrogens is 582 g/mol. The molecule has 0 aliphatic heterocycles. The van der Waals surface area contributed by atoms with Gasteiger partial charge < -0.3 is 53.8 Å². The van der Waals surface area contributed by atoms with Crippen molar-refractivity contribution in [3.8, 4) is 0 Å². The molecule has 0 aliphatic rings. The smallest absolute Gasteiger partial charge is 0.340 e. The standard InChI is InChI=1S/C34H71NO10/c1-9-38-31(36,33(40-11-3,41-12-4)42-13-5)30(28-26-24-22-20-18-17-19-21-23-25-27-29-35)32(37,39-10-2)34(43-14-6,44-15-7)45-16-8/h30,36-37H,9-29,35H2,1-8H3. The Bertz CT molecular complexity index is 611. The van der Waals surface area contributed by atoms with E-state index in [2.05, 4.69) is 0 Å². The Labute approximate surface area is 275 Å². The van der Waals surface area contributed by atoms with Crippen molar-refractivity contribution >= 4 is 0 Å². The van der Waals surface area contributed by atoms with Crippen molar-refractivity contribution in [1.82, 2.24) is 0 Å². The third-order valence-electron chi connectivity index (χ3n) is 7.75. The Balaban J connectivity index is 6.54. The Morgan fingerprint density at radius 2 is 0.644 bits per heavy atom. The Hall–Kier alpha value is -0.440. The number of ether oxygens (including phenoxy) is 8. The highest BCUT2D eigenvalue weighted by atomic mass is 16.9. The first kappa shape index (κ1) is 44.6. The van der Waals surface area contributed by atoms with Gasteiger partial charge in [0.25, 0.3) is 11.6 Å². The maximum atomic E-state index is 12.8. The Morgan fingerprint density at radius 1 is 0.400 bits per heavy atom. The van der Waals surface area contributed by atoms with Crippen molar-refractivity contribution < 1.29 is 48.1 Å². The summed E-state index contributed by atoms with van der Waals surface area (Å²) in [6.45, 7) is 15.8. The lowest BCUT2D eigenvalue weighted by Crippen LogP contribution is -2.75. The van der Waals surface area contributed by atoms with Gasteiger partial charge in [-0.25, -0.2) is 0 Å². The molecule has 11 heteroatoms. The van der Waals surface area contributed by atoms with E-state index in [1.165, 1.54) is 38.5 Å². The summed E-state index contributed by atoms with van der Waals surface area (Å²) in [4.78, 5) is 0. The molecule has 0 aromatic carbocycles. The van der Waals surface area contributed by atoms with Gasteiger partial charge in [-0.3, -0.25) is 0 Å². The molecule has 0 spiro atoms. The molecule has 0 radical (unpaired) electrons. The summed E-state index contributed by atoms with van der Waals surface area (Å²) in [7, 11) is 0. The van der Waals surface area contributed by atoms with Gasteiger partial charge in [0, 0.05) is 52.9 Å². The molecule has 0 rings (SSSR count). The number of rotatable bonds is 33. The van der Waals surface area contributed by atoms with Crippen LogP contribution in [0.4, 0.5) is 0 Å². The van der Waals surface area contributed by atoms with Crippen LogP contribution < -0.4 is 5.73 Å². The lowest BCUT2D eigenvalue weighted by Gasteiger charge is -2.55. The molecule has 2 atom stereocenters. The predicted molar refractivity (Wildman–Crippen MR) is 176 cm³/mol. The highest BCUT2D eigenvalue weighted by Gasteiger charge is 2.72. The second-order valence-corrected chi connectivity index (χ2v) is 11.0. The molecule has 0 aromatic rings. The van der Waals surface area contributed by atoms with Crippen molar-refractivity contribution in [2.45, 2.75) is 156 Å². The van der Waals surface area contributed by atoms with Crippen LogP contribution in [-0.4, -0.2) is 93.1 Å². The first-order chi connectivity index (χ1) is 21.7. The molecule has 272 valence electrons. The zero-order chi connectivity index (χ0) is 34.1. The Morgan fingerprint density at radius 3 is 0.889 bits per heavy atom. The molecule has 0 fully saturated rings. The van der Waals surface area contributed by atoms with Crippen molar-refractivity contribution in [2.75, 3.05) is 59.4 Å². The minimum absolute atomic E-state index is 0.0569. The summed E-state index contributed by atoms with van der Waals surface area (Å²) < 4.78 is 48.8. The quantitative estimate of drug-likeness (QED) is 0.0549.